The van der Waals surface area contributed by atoms with Crippen molar-refractivity contribution in [2.75, 3.05) is 0 Å². The molecule has 0 atom stereocenters. The summed E-state index contributed by atoms with van der Waals surface area (Å²) in [6.45, 7) is 2.90. The molecule has 0 saturated carbocycles. The summed E-state index contributed by atoms with van der Waals surface area (Å²) in [5.41, 5.74) is 4.29. The monoisotopic (exact) mass is 286 g/mol. The Hall–Kier alpha value is -1.94. The van der Waals surface area contributed by atoms with Crippen LogP contribution < -0.4 is 0 Å². The molecule has 3 rings (SSSR count). The standard InChI is InChI=1S/C16H15FN2S/c1-11-4-2-3-5-12(11)8-9-19-15-7-6-13(17)10-14(15)18-16(19)20/h2-7,10H,8-9H2,1H3,(H,18,20). The van der Waals surface area contributed by atoms with Gasteiger partial charge in [-0.15, -0.1) is 0 Å². The molecule has 2 nitrogen and oxygen atoms in total. The van der Waals surface area contributed by atoms with Crippen molar-refractivity contribution in [1.29, 1.82) is 0 Å². The van der Waals surface area contributed by atoms with Gasteiger partial charge in [-0.3, -0.25) is 0 Å². The van der Waals surface area contributed by atoms with Crippen molar-refractivity contribution in [3.8, 4) is 0 Å². The lowest BCUT2D eigenvalue weighted by Gasteiger charge is -2.07. The van der Waals surface area contributed by atoms with E-state index >= 15 is 0 Å². The molecule has 0 amide bonds. The molecule has 2 aromatic carbocycles. The van der Waals surface area contributed by atoms with Crippen molar-refractivity contribution in [1.82, 2.24) is 9.55 Å². The highest BCUT2D eigenvalue weighted by atomic mass is 32.1. The molecular weight excluding hydrogens is 271 g/mol. The molecule has 0 unspecified atom stereocenters. The number of fused-ring (bicyclic) bond motifs is 1. The van der Waals surface area contributed by atoms with Crippen molar-refractivity contribution in [3.63, 3.8) is 0 Å². The van der Waals surface area contributed by atoms with Crippen LogP contribution in [0.25, 0.3) is 11.0 Å². The van der Waals surface area contributed by atoms with E-state index in [9.17, 15) is 4.39 Å². The molecule has 0 aliphatic rings. The Morgan fingerprint density at radius 1 is 1.20 bits per heavy atom. The molecule has 0 fully saturated rings. The third kappa shape index (κ3) is 2.39. The van der Waals surface area contributed by atoms with E-state index in [2.05, 4.69) is 24.0 Å². The number of nitrogens with zero attached hydrogens (tertiary/aromatic N) is 1. The highest BCUT2D eigenvalue weighted by Crippen LogP contribution is 2.17. The Morgan fingerprint density at radius 3 is 2.80 bits per heavy atom. The van der Waals surface area contributed by atoms with E-state index in [1.54, 1.807) is 6.07 Å². The zero-order chi connectivity index (χ0) is 14.1. The molecule has 0 saturated heterocycles. The SMILES string of the molecule is Cc1ccccc1CCn1c(=S)[nH]c2cc(F)ccc21. The van der Waals surface area contributed by atoms with Gasteiger partial charge in [0.15, 0.2) is 4.77 Å². The quantitative estimate of drug-likeness (QED) is 0.708. The van der Waals surface area contributed by atoms with Crippen LogP contribution in [-0.2, 0) is 13.0 Å². The first-order chi connectivity index (χ1) is 9.65. The summed E-state index contributed by atoms with van der Waals surface area (Å²) in [4.78, 5) is 3.06. The molecule has 20 heavy (non-hydrogen) atoms. The molecule has 1 heterocycles. The molecule has 4 heteroatoms. The Bertz CT molecular complexity index is 817. The summed E-state index contributed by atoms with van der Waals surface area (Å²) in [6, 6.07) is 13.1. The lowest BCUT2D eigenvalue weighted by Crippen LogP contribution is -2.02. The lowest BCUT2D eigenvalue weighted by atomic mass is 10.1. The fraction of sp³-hybridized carbons (Fsp3) is 0.188. The van der Waals surface area contributed by atoms with Crippen molar-refractivity contribution in [3.05, 3.63) is 64.2 Å². The van der Waals surface area contributed by atoms with Crippen LogP contribution in [0.4, 0.5) is 4.39 Å². The molecule has 1 N–H and O–H groups in total. The fourth-order valence-corrected chi connectivity index (χ4v) is 2.78. The Labute approximate surface area is 121 Å². The minimum Gasteiger partial charge on any atom is -0.330 e. The van der Waals surface area contributed by atoms with Crippen LogP contribution >= 0.6 is 12.2 Å². The first-order valence-corrected chi connectivity index (χ1v) is 6.98. The minimum absolute atomic E-state index is 0.250. The topological polar surface area (TPSA) is 20.7 Å². The zero-order valence-corrected chi connectivity index (χ0v) is 12.0. The number of aromatic nitrogens is 2. The number of nitrogens with one attached hydrogen (secondary N) is 1. The van der Waals surface area contributed by atoms with Crippen molar-refractivity contribution >= 4 is 23.3 Å². The number of rotatable bonds is 3. The highest BCUT2D eigenvalue weighted by Gasteiger charge is 2.06. The number of benzene rings is 2. The Morgan fingerprint density at radius 2 is 2.00 bits per heavy atom. The number of aromatic amines is 1. The molecule has 0 bridgehead atoms. The van der Waals surface area contributed by atoms with Crippen LogP contribution in [0.3, 0.4) is 0 Å². The third-order valence-corrected chi connectivity index (χ3v) is 3.92. The van der Waals surface area contributed by atoms with Gasteiger partial charge in [0.25, 0.3) is 0 Å². The summed E-state index contributed by atoms with van der Waals surface area (Å²) in [5, 5.41) is 0. The smallest absolute Gasteiger partial charge is 0.178 e. The van der Waals surface area contributed by atoms with E-state index in [1.165, 1.54) is 23.3 Å². The third-order valence-electron chi connectivity index (χ3n) is 3.60. The van der Waals surface area contributed by atoms with E-state index in [0.29, 0.717) is 4.77 Å². The number of aryl methyl sites for hydroxylation is 3. The van der Waals surface area contributed by atoms with E-state index in [0.717, 1.165) is 24.0 Å². The summed E-state index contributed by atoms with van der Waals surface area (Å²) in [6.07, 6.45) is 0.908. The maximum atomic E-state index is 13.2. The van der Waals surface area contributed by atoms with Crippen LogP contribution in [0.5, 0.6) is 0 Å². The molecule has 0 spiro atoms. The van der Waals surface area contributed by atoms with E-state index in [-0.39, 0.29) is 5.82 Å². The molecule has 3 aromatic rings. The highest BCUT2D eigenvalue weighted by molar-refractivity contribution is 7.71. The average molecular weight is 286 g/mol. The predicted molar refractivity (Wildman–Crippen MR) is 82.0 cm³/mol. The lowest BCUT2D eigenvalue weighted by molar-refractivity contribution is 0.629. The maximum Gasteiger partial charge on any atom is 0.178 e. The van der Waals surface area contributed by atoms with Crippen LogP contribution in [0.15, 0.2) is 42.5 Å². The molecular formula is C16H15FN2S. The maximum absolute atomic E-state index is 13.2. The number of hydrogen-bond donors (Lipinski definition) is 1. The fourth-order valence-electron chi connectivity index (χ4n) is 2.48. The van der Waals surface area contributed by atoms with Crippen molar-refractivity contribution in [2.45, 2.75) is 19.9 Å². The molecule has 0 aliphatic carbocycles. The van der Waals surface area contributed by atoms with Crippen molar-refractivity contribution < 1.29 is 4.39 Å². The Kier molecular flexibility index (Phi) is 3.40. The van der Waals surface area contributed by atoms with Gasteiger partial charge in [0.2, 0.25) is 0 Å². The van der Waals surface area contributed by atoms with E-state index < -0.39 is 0 Å². The Balaban J connectivity index is 1.94. The van der Waals surface area contributed by atoms with Crippen LogP contribution in [-0.4, -0.2) is 9.55 Å². The van der Waals surface area contributed by atoms with Crippen molar-refractivity contribution in [2.24, 2.45) is 0 Å². The first-order valence-electron chi connectivity index (χ1n) is 6.58. The summed E-state index contributed by atoms with van der Waals surface area (Å²) in [5.74, 6) is -0.250. The average Bonchev–Trinajstić information content (AvgIpc) is 2.73. The summed E-state index contributed by atoms with van der Waals surface area (Å²) in [7, 11) is 0. The largest absolute Gasteiger partial charge is 0.330 e. The van der Waals surface area contributed by atoms with Gasteiger partial charge >= 0.3 is 0 Å². The summed E-state index contributed by atoms with van der Waals surface area (Å²) < 4.78 is 15.9. The van der Waals surface area contributed by atoms with Gasteiger partial charge in [-0.05, 0) is 54.9 Å². The molecule has 1 aromatic heterocycles. The van der Waals surface area contributed by atoms with Gasteiger partial charge < -0.3 is 9.55 Å². The predicted octanol–water partition coefficient (Wildman–Crippen LogP) is 4.39. The van der Waals surface area contributed by atoms with Crippen LogP contribution in [0.1, 0.15) is 11.1 Å². The van der Waals surface area contributed by atoms with Gasteiger partial charge in [-0.25, -0.2) is 4.39 Å². The van der Waals surface area contributed by atoms with E-state index in [4.69, 9.17) is 12.2 Å². The van der Waals surface area contributed by atoms with Gasteiger partial charge in [0.1, 0.15) is 5.82 Å². The molecule has 0 aliphatic heterocycles. The number of halogens is 1. The normalized spacial score (nSPS) is 11.1. The van der Waals surface area contributed by atoms with Crippen LogP contribution in [0.2, 0.25) is 0 Å². The van der Waals surface area contributed by atoms with Gasteiger partial charge in [0, 0.05) is 6.54 Å². The van der Waals surface area contributed by atoms with Gasteiger partial charge in [-0.2, -0.15) is 0 Å². The second kappa shape index (κ2) is 5.21. The second-order valence-corrected chi connectivity index (χ2v) is 5.31. The van der Waals surface area contributed by atoms with E-state index in [1.807, 2.05) is 16.7 Å². The number of imidazole rings is 1. The number of hydrogen-bond acceptors (Lipinski definition) is 1. The molecule has 102 valence electrons. The summed E-state index contributed by atoms with van der Waals surface area (Å²) >= 11 is 5.33. The zero-order valence-electron chi connectivity index (χ0n) is 11.2. The second-order valence-electron chi connectivity index (χ2n) is 4.92. The first kappa shape index (κ1) is 13.1. The van der Waals surface area contributed by atoms with Gasteiger partial charge in [-0.1, -0.05) is 24.3 Å². The minimum atomic E-state index is -0.250. The molecule has 0 radical (unpaired) electrons. The van der Waals surface area contributed by atoms with Crippen LogP contribution in [0, 0.1) is 17.5 Å². The number of H-pyrrole nitrogens is 1. The van der Waals surface area contributed by atoms with Gasteiger partial charge in [0.05, 0.1) is 11.0 Å².